The topological polar surface area (TPSA) is 77.2 Å². The van der Waals surface area contributed by atoms with E-state index in [2.05, 4.69) is 22.1 Å². The van der Waals surface area contributed by atoms with Gasteiger partial charge in [-0.2, -0.15) is 0 Å². The number of ether oxygens (including phenoxy) is 1. The molecule has 5 nitrogen and oxygen atoms in total. The Morgan fingerprint density at radius 3 is 3.05 bits per heavy atom. The summed E-state index contributed by atoms with van der Waals surface area (Å²) in [4.78, 5) is 17.0. The molecule has 1 amide bonds. The summed E-state index contributed by atoms with van der Waals surface area (Å²) < 4.78 is 5.21. The van der Waals surface area contributed by atoms with Gasteiger partial charge in [-0.15, -0.1) is 0 Å². The molecule has 0 aliphatic rings. The highest BCUT2D eigenvalue weighted by molar-refractivity contribution is 7.16. The van der Waals surface area contributed by atoms with E-state index < -0.39 is 0 Å². The van der Waals surface area contributed by atoms with E-state index in [1.54, 1.807) is 25.4 Å². The van der Waals surface area contributed by atoms with Crippen LogP contribution in [0.4, 0.5) is 5.13 Å². The van der Waals surface area contributed by atoms with Crippen LogP contribution in [0.3, 0.4) is 0 Å². The summed E-state index contributed by atoms with van der Waals surface area (Å²) in [6.07, 6.45) is 1.61. The van der Waals surface area contributed by atoms with Crippen LogP contribution < -0.4 is 15.8 Å². The van der Waals surface area contributed by atoms with Gasteiger partial charge in [-0.1, -0.05) is 29.2 Å². The second kappa shape index (κ2) is 6.88. The fourth-order valence-electron chi connectivity index (χ4n) is 1.66. The summed E-state index contributed by atoms with van der Waals surface area (Å²) in [5.74, 6) is 6.06. The van der Waals surface area contributed by atoms with Gasteiger partial charge in [0.1, 0.15) is 5.75 Å². The molecule has 0 unspecified atom stereocenters. The van der Waals surface area contributed by atoms with Crippen molar-refractivity contribution in [2.45, 2.75) is 6.92 Å². The number of benzene rings is 1. The monoisotopic (exact) mass is 301 g/mol. The number of hydrogen-bond acceptors (Lipinski definition) is 5. The lowest BCUT2D eigenvalue weighted by Gasteiger charge is -2.07. The van der Waals surface area contributed by atoms with Crippen LogP contribution >= 0.6 is 11.3 Å². The zero-order valence-electron chi connectivity index (χ0n) is 11.8. The summed E-state index contributed by atoms with van der Waals surface area (Å²) in [6.45, 7) is 2.21. The van der Waals surface area contributed by atoms with Gasteiger partial charge in [-0.3, -0.25) is 10.1 Å². The molecular weight excluding hydrogens is 286 g/mol. The van der Waals surface area contributed by atoms with Gasteiger partial charge in [0.25, 0.3) is 5.91 Å². The number of anilines is 1. The fraction of sp³-hybridized carbons (Fsp3) is 0.200. The fourth-order valence-corrected chi connectivity index (χ4v) is 2.34. The molecule has 3 N–H and O–H groups in total. The highest BCUT2D eigenvalue weighted by Gasteiger charge is 2.10. The van der Waals surface area contributed by atoms with E-state index in [4.69, 9.17) is 10.5 Å². The Kier molecular flexibility index (Phi) is 4.93. The van der Waals surface area contributed by atoms with Crippen LogP contribution in [0.2, 0.25) is 0 Å². The average molecular weight is 301 g/mol. The Labute approximate surface area is 127 Å². The van der Waals surface area contributed by atoms with Gasteiger partial charge in [-0.05, 0) is 24.6 Å². The van der Waals surface area contributed by atoms with Crippen LogP contribution in [0.25, 0.3) is 0 Å². The first-order valence-electron chi connectivity index (χ1n) is 6.25. The van der Waals surface area contributed by atoms with Crippen molar-refractivity contribution in [3.63, 3.8) is 0 Å². The summed E-state index contributed by atoms with van der Waals surface area (Å²) >= 11 is 1.31. The third kappa shape index (κ3) is 3.81. The van der Waals surface area contributed by atoms with Crippen molar-refractivity contribution in [3.05, 3.63) is 40.4 Å². The molecule has 2 aromatic rings. The van der Waals surface area contributed by atoms with Crippen molar-refractivity contribution in [2.75, 3.05) is 19.0 Å². The van der Waals surface area contributed by atoms with Crippen molar-refractivity contribution >= 4 is 22.4 Å². The molecule has 108 valence electrons. The lowest BCUT2D eigenvalue weighted by atomic mass is 10.1. The number of nitrogens with two attached hydrogens (primary N) is 1. The van der Waals surface area contributed by atoms with Crippen molar-refractivity contribution in [2.24, 2.45) is 5.73 Å². The highest BCUT2D eigenvalue weighted by Crippen LogP contribution is 2.21. The summed E-state index contributed by atoms with van der Waals surface area (Å²) in [5.41, 5.74) is 6.80. The Morgan fingerprint density at radius 2 is 2.33 bits per heavy atom. The number of rotatable bonds is 3. The number of amides is 1. The van der Waals surface area contributed by atoms with Crippen LogP contribution in [0, 0.1) is 18.8 Å². The van der Waals surface area contributed by atoms with E-state index in [1.807, 2.05) is 13.0 Å². The molecule has 0 saturated carbocycles. The molecule has 1 heterocycles. The van der Waals surface area contributed by atoms with Gasteiger partial charge in [0.15, 0.2) is 5.13 Å². The number of carbonyl (C=O) groups is 1. The van der Waals surface area contributed by atoms with E-state index >= 15 is 0 Å². The molecule has 0 saturated heterocycles. The van der Waals surface area contributed by atoms with Crippen molar-refractivity contribution in [1.82, 2.24) is 4.98 Å². The molecule has 0 atom stereocenters. The minimum atomic E-state index is -0.235. The average Bonchev–Trinajstić information content (AvgIpc) is 2.93. The maximum absolute atomic E-state index is 12.2. The van der Waals surface area contributed by atoms with Crippen LogP contribution in [-0.4, -0.2) is 24.5 Å². The molecule has 0 aliphatic heterocycles. The predicted octanol–water partition coefficient (Wildman–Crippen LogP) is 2.02. The van der Waals surface area contributed by atoms with E-state index in [-0.39, 0.29) is 5.91 Å². The molecule has 0 aliphatic carbocycles. The third-order valence-corrected chi connectivity index (χ3v) is 3.54. The largest absolute Gasteiger partial charge is 0.496 e. The number of methoxy groups -OCH3 is 1. The zero-order valence-corrected chi connectivity index (χ0v) is 12.6. The first kappa shape index (κ1) is 15.0. The van der Waals surface area contributed by atoms with Gasteiger partial charge in [0, 0.05) is 5.56 Å². The van der Waals surface area contributed by atoms with Gasteiger partial charge in [0.2, 0.25) is 0 Å². The van der Waals surface area contributed by atoms with Gasteiger partial charge in [-0.25, -0.2) is 4.98 Å². The van der Waals surface area contributed by atoms with E-state index in [0.717, 1.165) is 10.4 Å². The van der Waals surface area contributed by atoms with Gasteiger partial charge in [0.05, 0.1) is 24.7 Å². The maximum atomic E-state index is 12.2. The summed E-state index contributed by atoms with van der Waals surface area (Å²) in [6, 6.07) is 5.29. The summed E-state index contributed by atoms with van der Waals surface area (Å²) in [7, 11) is 1.58. The molecular formula is C15H15N3O2S. The second-order valence-corrected chi connectivity index (χ2v) is 5.20. The Morgan fingerprint density at radius 1 is 1.52 bits per heavy atom. The molecule has 1 aromatic heterocycles. The number of aromatic nitrogens is 1. The quantitative estimate of drug-likeness (QED) is 0.850. The van der Waals surface area contributed by atoms with Gasteiger partial charge < -0.3 is 10.5 Å². The molecule has 2 rings (SSSR count). The third-order valence-electron chi connectivity index (χ3n) is 2.71. The molecule has 6 heteroatoms. The SMILES string of the molecule is COc1cc(C(=O)Nc2ncc(C#CCN)s2)ccc1C. The molecule has 0 fully saturated rings. The number of aryl methyl sites for hydroxylation is 1. The zero-order chi connectivity index (χ0) is 15.2. The van der Waals surface area contributed by atoms with Crippen molar-refractivity contribution in [1.29, 1.82) is 0 Å². The normalized spacial score (nSPS) is 9.67. The number of carbonyl (C=O) groups excluding carboxylic acids is 1. The lowest BCUT2D eigenvalue weighted by Crippen LogP contribution is -2.11. The van der Waals surface area contributed by atoms with Crippen LogP contribution in [0.1, 0.15) is 20.8 Å². The maximum Gasteiger partial charge on any atom is 0.257 e. The first-order valence-corrected chi connectivity index (χ1v) is 7.06. The lowest BCUT2D eigenvalue weighted by molar-refractivity contribution is 0.102. The molecule has 0 spiro atoms. The van der Waals surface area contributed by atoms with E-state index in [0.29, 0.717) is 23.0 Å². The number of hydrogen-bond donors (Lipinski definition) is 2. The van der Waals surface area contributed by atoms with E-state index in [9.17, 15) is 4.79 Å². The Bertz CT molecular complexity index is 713. The molecule has 0 bridgehead atoms. The summed E-state index contributed by atoms with van der Waals surface area (Å²) in [5, 5.41) is 3.24. The minimum absolute atomic E-state index is 0.235. The smallest absolute Gasteiger partial charge is 0.257 e. The second-order valence-electron chi connectivity index (χ2n) is 4.17. The Balaban J connectivity index is 2.12. The van der Waals surface area contributed by atoms with Crippen molar-refractivity contribution < 1.29 is 9.53 Å². The molecule has 0 radical (unpaired) electrons. The van der Waals surface area contributed by atoms with Crippen LogP contribution in [0.5, 0.6) is 5.75 Å². The number of nitrogens with one attached hydrogen (secondary N) is 1. The van der Waals surface area contributed by atoms with Gasteiger partial charge >= 0.3 is 0 Å². The van der Waals surface area contributed by atoms with Crippen molar-refractivity contribution in [3.8, 4) is 17.6 Å². The Hall–Kier alpha value is -2.36. The number of thiazole rings is 1. The van der Waals surface area contributed by atoms with E-state index in [1.165, 1.54) is 11.3 Å². The van der Waals surface area contributed by atoms with Crippen LogP contribution in [0.15, 0.2) is 24.4 Å². The molecule has 1 aromatic carbocycles. The predicted molar refractivity (Wildman–Crippen MR) is 83.7 cm³/mol. The van der Waals surface area contributed by atoms with Crippen LogP contribution in [-0.2, 0) is 0 Å². The number of nitrogens with zero attached hydrogens (tertiary/aromatic N) is 1. The molecule has 21 heavy (non-hydrogen) atoms. The first-order chi connectivity index (χ1) is 10.1. The highest BCUT2D eigenvalue weighted by atomic mass is 32.1. The standard InChI is InChI=1S/C15H15N3O2S/c1-10-5-6-11(8-13(10)20-2)14(19)18-15-17-9-12(21-15)4-3-7-16/h5-6,8-9H,7,16H2,1-2H3,(H,17,18,19). The minimum Gasteiger partial charge on any atom is -0.496 e.